The van der Waals surface area contributed by atoms with Crippen LogP contribution in [0.15, 0.2) is 42.0 Å². The van der Waals surface area contributed by atoms with Crippen molar-refractivity contribution in [3.63, 3.8) is 0 Å². The van der Waals surface area contributed by atoms with Gasteiger partial charge in [0.25, 0.3) is 5.91 Å². The summed E-state index contributed by atoms with van der Waals surface area (Å²) in [6, 6.07) is 13.5. The van der Waals surface area contributed by atoms with E-state index in [1.54, 1.807) is 13.2 Å². The number of fused-ring (bicyclic) bond motifs is 1. The average molecular weight is 336 g/mol. The summed E-state index contributed by atoms with van der Waals surface area (Å²) in [5.41, 5.74) is 0.896. The Bertz CT molecular complexity index is 846. The van der Waals surface area contributed by atoms with E-state index in [2.05, 4.69) is 5.32 Å². The molecule has 1 heterocycles. The van der Waals surface area contributed by atoms with Crippen LogP contribution < -0.4 is 10.1 Å². The summed E-state index contributed by atoms with van der Waals surface area (Å²) in [5.74, 6) is 0.426. The Morgan fingerprint density at radius 2 is 2.16 bits per heavy atom. The number of amides is 1. The van der Waals surface area contributed by atoms with E-state index in [1.165, 1.54) is 0 Å². The molecule has 3 rings (SSSR count). The Labute approximate surface area is 146 Å². The molecule has 5 heteroatoms. The maximum absolute atomic E-state index is 12.2. The second kappa shape index (κ2) is 7.82. The Morgan fingerprint density at radius 1 is 1.36 bits per heavy atom. The highest BCUT2D eigenvalue weighted by atomic mass is 16.5. The standard InChI is InChI=1S/C20H20N2O3/c1-24-18-7-6-15-9-14(4-5-16(15)11-18)10-17(12-21)20(23)22-13-19-3-2-8-25-19/h4-7,9-11,19H,2-3,8,13H2,1H3,(H,22,23)/b17-10+/t19-/m0/s1. The van der Waals surface area contributed by atoms with Gasteiger partial charge in [0.05, 0.1) is 13.2 Å². The first-order valence-electron chi connectivity index (χ1n) is 8.29. The Hall–Kier alpha value is -2.84. The summed E-state index contributed by atoms with van der Waals surface area (Å²) in [7, 11) is 1.63. The van der Waals surface area contributed by atoms with Crippen molar-refractivity contribution < 1.29 is 14.3 Å². The molecule has 1 aliphatic heterocycles. The first-order valence-corrected chi connectivity index (χ1v) is 8.29. The SMILES string of the molecule is COc1ccc2cc(/C=C(\C#N)C(=O)NC[C@@H]3CCCO3)ccc2c1. The number of carbonyl (C=O) groups is 1. The van der Waals surface area contributed by atoms with Crippen molar-refractivity contribution in [3.8, 4) is 11.8 Å². The fourth-order valence-electron chi connectivity index (χ4n) is 2.88. The van der Waals surface area contributed by atoms with E-state index >= 15 is 0 Å². The molecule has 0 bridgehead atoms. The zero-order valence-electron chi connectivity index (χ0n) is 14.1. The second-order valence-corrected chi connectivity index (χ2v) is 5.99. The van der Waals surface area contributed by atoms with Crippen LogP contribution in [0.2, 0.25) is 0 Å². The topological polar surface area (TPSA) is 71.3 Å². The molecule has 0 unspecified atom stereocenters. The molecule has 1 amide bonds. The minimum atomic E-state index is -0.368. The van der Waals surface area contributed by atoms with Crippen LogP contribution in [0.3, 0.4) is 0 Å². The molecule has 2 aromatic carbocycles. The number of nitriles is 1. The number of hydrogen-bond acceptors (Lipinski definition) is 4. The fourth-order valence-corrected chi connectivity index (χ4v) is 2.88. The Morgan fingerprint density at radius 3 is 2.88 bits per heavy atom. The van der Waals surface area contributed by atoms with Crippen LogP contribution >= 0.6 is 0 Å². The lowest BCUT2D eigenvalue weighted by molar-refractivity contribution is -0.117. The molecule has 1 fully saturated rings. The lowest BCUT2D eigenvalue weighted by atomic mass is 10.0. The number of nitrogens with zero attached hydrogens (tertiary/aromatic N) is 1. The number of carbonyl (C=O) groups excluding carboxylic acids is 1. The molecule has 0 saturated carbocycles. The molecule has 1 saturated heterocycles. The maximum atomic E-state index is 12.2. The molecule has 2 aromatic rings. The van der Waals surface area contributed by atoms with Gasteiger partial charge < -0.3 is 14.8 Å². The predicted molar refractivity (Wildman–Crippen MR) is 96.1 cm³/mol. The van der Waals surface area contributed by atoms with Gasteiger partial charge in [0.15, 0.2) is 0 Å². The highest BCUT2D eigenvalue weighted by Gasteiger charge is 2.17. The lowest BCUT2D eigenvalue weighted by Crippen LogP contribution is -2.32. The average Bonchev–Trinajstić information content (AvgIpc) is 3.17. The summed E-state index contributed by atoms with van der Waals surface area (Å²) in [5, 5.41) is 14.1. The summed E-state index contributed by atoms with van der Waals surface area (Å²) in [4.78, 5) is 12.2. The third-order valence-corrected chi connectivity index (χ3v) is 4.26. The molecule has 0 aliphatic carbocycles. The Balaban J connectivity index is 1.75. The van der Waals surface area contributed by atoms with Gasteiger partial charge in [0.1, 0.15) is 17.4 Å². The minimum absolute atomic E-state index is 0.0551. The van der Waals surface area contributed by atoms with E-state index in [-0.39, 0.29) is 17.6 Å². The number of methoxy groups -OCH3 is 1. The molecule has 25 heavy (non-hydrogen) atoms. The van der Waals surface area contributed by atoms with Gasteiger partial charge in [-0.05, 0) is 53.5 Å². The van der Waals surface area contributed by atoms with Crippen molar-refractivity contribution in [3.05, 3.63) is 47.5 Å². The van der Waals surface area contributed by atoms with Crippen molar-refractivity contribution in [1.29, 1.82) is 5.26 Å². The molecule has 128 valence electrons. The maximum Gasteiger partial charge on any atom is 0.262 e. The summed E-state index contributed by atoms with van der Waals surface area (Å²) in [6.07, 6.45) is 3.62. The van der Waals surface area contributed by atoms with Crippen LogP contribution in [-0.2, 0) is 9.53 Å². The minimum Gasteiger partial charge on any atom is -0.497 e. The highest BCUT2D eigenvalue weighted by Crippen LogP contribution is 2.22. The molecule has 0 spiro atoms. The second-order valence-electron chi connectivity index (χ2n) is 5.99. The van der Waals surface area contributed by atoms with Crippen molar-refractivity contribution >= 4 is 22.8 Å². The zero-order chi connectivity index (χ0) is 17.6. The molecule has 0 aromatic heterocycles. The molecule has 0 radical (unpaired) electrons. The van der Waals surface area contributed by atoms with Gasteiger partial charge in [-0.25, -0.2) is 0 Å². The van der Waals surface area contributed by atoms with E-state index < -0.39 is 0 Å². The molecule has 1 aliphatic rings. The molecular formula is C20H20N2O3. The van der Waals surface area contributed by atoms with Crippen LogP contribution in [0.4, 0.5) is 0 Å². The summed E-state index contributed by atoms with van der Waals surface area (Å²) >= 11 is 0. The summed E-state index contributed by atoms with van der Waals surface area (Å²) < 4.78 is 10.7. The first kappa shape index (κ1) is 17.0. The van der Waals surface area contributed by atoms with Gasteiger partial charge in [0.2, 0.25) is 0 Å². The van der Waals surface area contributed by atoms with Gasteiger partial charge in [-0.1, -0.05) is 18.2 Å². The summed E-state index contributed by atoms with van der Waals surface area (Å²) in [6.45, 7) is 1.18. The van der Waals surface area contributed by atoms with Crippen molar-refractivity contribution in [2.75, 3.05) is 20.3 Å². The van der Waals surface area contributed by atoms with E-state index in [1.807, 2.05) is 42.5 Å². The van der Waals surface area contributed by atoms with Crippen molar-refractivity contribution in [2.24, 2.45) is 0 Å². The van der Waals surface area contributed by atoms with E-state index in [0.29, 0.717) is 6.54 Å². The lowest BCUT2D eigenvalue weighted by Gasteiger charge is -2.10. The number of benzene rings is 2. The van der Waals surface area contributed by atoms with Gasteiger partial charge in [-0.2, -0.15) is 5.26 Å². The normalized spacial score (nSPS) is 17.3. The predicted octanol–water partition coefficient (Wildman–Crippen LogP) is 3.05. The number of nitrogens with one attached hydrogen (secondary N) is 1. The fraction of sp³-hybridized carbons (Fsp3) is 0.300. The van der Waals surface area contributed by atoms with Crippen molar-refractivity contribution in [1.82, 2.24) is 5.32 Å². The largest absolute Gasteiger partial charge is 0.497 e. The number of rotatable bonds is 5. The number of ether oxygens (including phenoxy) is 2. The molecule has 5 nitrogen and oxygen atoms in total. The molecule has 1 N–H and O–H groups in total. The van der Waals surface area contributed by atoms with Crippen LogP contribution in [0.5, 0.6) is 5.75 Å². The molecule has 1 atom stereocenters. The van der Waals surface area contributed by atoms with Crippen molar-refractivity contribution in [2.45, 2.75) is 18.9 Å². The van der Waals surface area contributed by atoms with E-state index in [9.17, 15) is 10.1 Å². The van der Waals surface area contributed by atoms with Gasteiger partial charge >= 0.3 is 0 Å². The Kier molecular flexibility index (Phi) is 5.32. The van der Waals surface area contributed by atoms with E-state index in [0.717, 1.165) is 41.5 Å². The van der Waals surface area contributed by atoms with Gasteiger partial charge in [0, 0.05) is 13.2 Å². The smallest absolute Gasteiger partial charge is 0.262 e. The zero-order valence-corrected chi connectivity index (χ0v) is 14.1. The third kappa shape index (κ3) is 4.17. The van der Waals surface area contributed by atoms with Crippen LogP contribution in [0.25, 0.3) is 16.8 Å². The van der Waals surface area contributed by atoms with Crippen LogP contribution in [0.1, 0.15) is 18.4 Å². The van der Waals surface area contributed by atoms with Crippen LogP contribution in [-0.4, -0.2) is 32.3 Å². The van der Waals surface area contributed by atoms with Gasteiger partial charge in [-0.3, -0.25) is 4.79 Å². The molecular weight excluding hydrogens is 316 g/mol. The monoisotopic (exact) mass is 336 g/mol. The van der Waals surface area contributed by atoms with Crippen LogP contribution in [0, 0.1) is 11.3 Å². The quantitative estimate of drug-likeness (QED) is 0.673. The number of hydrogen-bond donors (Lipinski definition) is 1. The van der Waals surface area contributed by atoms with Gasteiger partial charge in [-0.15, -0.1) is 0 Å². The first-order chi connectivity index (χ1) is 12.2. The highest BCUT2D eigenvalue weighted by molar-refractivity contribution is 6.02. The third-order valence-electron chi connectivity index (χ3n) is 4.26. The van der Waals surface area contributed by atoms with E-state index in [4.69, 9.17) is 9.47 Å².